The van der Waals surface area contributed by atoms with Gasteiger partial charge in [0, 0.05) is 36.1 Å². The molecule has 0 saturated carbocycles. The largest absolute Gasteiger partial charge is 0.344 e. The number of likely N-dealkylation sites (N-methyl/N-ethyl adjacent to an activating group) is 1. The molecule has 0 amide bonds. The third kappa shape index (κ3) is 2.71. The van der Waals surface area contributed by atoms with Crippen molar-refractivity contribution in [1.82, 2.24) is 9.36 Å². The number of nitrogens with zero attached hydrogens (tertiary/aromatic N) is 3. The van der Waals surface area contributed by atoms with Gasteiger partial charge in [-0.3, -0.25) is 0 Å². The quantitative estimate of drug-likeness (QED) is 0.881. The highest BCUT2D eigenvalue weighted by atomic mass is 32.1. The fraction of sp³-hybridized carbons (Fsp3) is 0.818. The van der Waals surface area contributed by atoms with Gasteiger partial charge in [-0.2, -0.15) is 4.37 Å². The van der Waals surface area contributed by atoms with Gasteiger partial charge in [-0.15, -0.1) is 0 Å². The van der Waals surface area contributed by atoms with Crippen molar-refractivity contribution < 1.29 is 0 Å². The van der Waals surface area contributed by atoms with E-state index >= 15 is 0 Å². The standard InChI is InChI=1S/C11H22N4S/c1-10(2,3)8-13-9(16-14-8)15(6)11(4,5)7-12/h7,12H2,1-6H3. The minimum Gasteiger partial charge on any atom is -0.344 e. The van der Waals surface area contributed by atoms with Crippen LogP contribution in [-0.4, -0.2) is 28.5 Å². The first-order chi connectivity index (χ1) is 7.18. The van der Waals surface area contributed by atoms with Crippen LogP contribution in [-0.2, 0) is 5.41 Å². The Labute approximate surface area is 102 Å². The molecular formula is C11H22N4S. The van der Waals surface area contributed by atoms with Gasteiger partial charge in [0.1, 0.15) is 5.82 Å². The molecule has 0 aliphatic carbocycles. The molecule has 2 N–H and O–H groups in total. The minimum absolute atomic E-state index is 0.00243. The average molecular weight is 242 g/mol. The second kappa shape index (κ2) is 4.30. The van der Waals surface area contributed by atoms with Gasteiger partial charge < -0.3 is 10.6 Å². The van der Waals surface area contributed by atoms with Crippen molar-refractivity contribution in [1.29, 1.82) is 0 Å². The topological polar surface area (TPSA) is 55.0 Å². The lowest BCUT2D eigenvalue weighted by atomic mass is 9.96. The van der Waals surface area contributed by atoms with E-state index in [9.17, 15) is 0 Å². The summed E-state index contributed by atoms with van der Waals surface area (Å²) in [6.45, 7) is 11.1. The maximum atomic E-state index is 5.75. The van der Waals surface area contributed by atoms with Crippen molar-refractivity contribution in [3.63, 3.8) is 0 Å². The van der Waals surface area contributed by atoms with E-state index in [2.05, 4.69) is 48.9 Å². The van der Waals surface area contributed by atoms with Crippen LogP contribution in [0.5, 0.6) is 0 Å². The SMILES string of the molecule is CN(c1nc(C(C)(C)C)ns1)C(C)(C)CN. The van der Waals surface area contributed by atoms with Gasteiger partial charge >= 0.3 is 0 Å². The maximum absolute atomic E-state index is 5.75. The van der Waals surface area contributed by atoms with Crippen LogP contribution in [0, 0.1) is 0 Å². The van der Waals surface area contributed by atoms with Crippen molar-refractivity contribution in [3.05, 3.63) is 5.82 Å². The summed E-state index contributed by atoms with van der Waals surface area (Å²) >= 11 is 1.44. The Morgan fingerprint density at radius 3 is 2.19 bits per heavy atom. The molecule has 5 heteroatoms. The van der Waals surface area contributed by atoms with Gasteiger partial charge in [-0.25, -0.2) is 4.98 Å². The summed E-state index contributed by atoms with van der Waals surface area (Å²) in [6, 6.07) is 0. The van der Waals surface area contributed by atoms with Gasteiger partial charge in [-0.1, -0.05) is 20.8 Å². The zero-order valence-electron chi connectivity index (χ0n) is 11.0. The van der Waals surface area contributed by atoms with Gasteiger partial charge in [-0.05, 0) is 13.8 Å². The summed E-state index contributed by atoms with van der Waals surface area (Å²) in [4.78, 5) is 6.67. The summed E-state index contributed by atoms with van der Waals surface area (Å²) in [5.74, 6) is 0.896. The molecule has 0 unspecified atom stereocenters. The summed E-state index contributed by atoms with van der Waals surface area (Å²) in [5.41, 5.74) is 5.67. The third-order valence-electron chi connectivity index (χ3n) is 2.78. The molecule has 0 bridgehead atoms. The maximum Gasteiger partial charge on any atom is 0.205 e. The molecule has 1 aromatic rings. The molecule has 0 aromatic carbocycles. The van der Waals surface area contributed by atoms with E-state index in [1.165, 1.54) is 11.5 Å². The predicted molar refractivity (Wildman–Crippen MR) is 70.1 cm³/mol. The molecule has 1 aromatic heterocycles. The Hall–Kier alpha value is -0.680. The van der Waals surface area contributed by atoms with Crippen molar-refractivity contribution in [2.45, 2.75) is 45.6 Å². The highest BCUT2D eigenvalue weighted by Gasteiger charge is 2.27. The molecule has 0 atom stereocenters. The van der Waals surface area contributed by atoms with Crippen molar-refractivity contribution >= 4 is 16.7 Å². The minimum atomic E-state index is -0.0886. The van der Waals surface area contributed by atoms with Crippen molar-refractivity contribution in [2.24, 2.45) is 5.73 Å². The Morgan fingerprint density at radius 2 is 1.81 bits per heavy atom. The number of hydrogen-bond donors (Lipinski definition) is 1. The lowest BCUT2D eigenvalue weighted by Gasteiger charge is -2.33. The van der Waals surface area contributed by atoms with E-state index in [0.29, 0.717) is 6.54 Å². The van der Waals surface area contributed by atoms with E-state index in [0.717, 1.165) is 11.0 Å². The molecule has 0 aliphatic heterocycles. The van der Waals surface area contributed by atoms with E-state index in [4.69, 9.17) is 5.73 Å². The van der Waals surface area contributed by atoms with Crippen LogP contribution in [0.15, 0.2) is 0 Å². The number of nitrogens with two attached hydrogens (primary N) is 1. The van der Waals surface area contributed by atoms with Crippen LogP contribution in [0.2, 0.25) is 0 Å². The highest BCUT2D eigenvalue weighted by molar-refractivity contribution is 7.09. The Balaban J connectivity index is 2.95. The second-order valence-corrected chi connectivity index (χ2v) is 6.46. The van der Waals surface area contributed by atoms with Crippen molar-refractivity contribution in [3.8, 4) is 0 Å². The first-order valence-corrected chi connectivity index (χ1v) is 6.24. The van der Waals surface area contributed by atoms with Crippen LogP contribution < -0.4 is 10.6 Å². The smallest absolute Gasteiger partial charge is 0.205 e. The molecule has 0 saturated heterocycles. The number of anilines is 1. The van der Waals surface area contributed by atoms with Crippen LogP contribution in [0.4, 0.5) is 5.13 Å². The average Bonchev–Trinajstić information content (AvgIpc) is 2.64. The molecular weight excluding hydrogens is 220 g/mol. The molecule has 0 spiro atoms. The molecule has 92 valence electrons. The molecule has 1 heterocycles. The fourth-order valence-corrected chi connectivity index (χ4v) is 2.03. The normalized spacial score (nSPS) is 12.9. The van der Waals surface area contributed by atoms with E-state index in [-0.39, 0.29) is 11.0 Å². The summed E-state index contributed by atoms with van der Waals surface area (Å²) in [6.07, 6.45) is 0. The van der Waals surface area contributed by atoms with Gasteiger partial charge in [0.25, 0.3) is 0 Å². The van der Waals surface area contributed by atoms with Gasteiger partial charge in [0.15, 0.2) is 0 Å². The van der Waals surface area contributed by atoms with Crippen LogP contribution >= 0.6 is 11.5 Å². The van der Waals surface area contributed by atoms with Crippen LogP contribution in [0.1, 0.15) is 40.4 Å². The number of aromatic nitrogens is 2. The van der Waals surface area contributed by atoms with Crippen LogP contribution in [0.25, 0.3) is 0 Å². The zero-order valence-corrected chi connectivity index (χ0v) is 11.9. The second-order valence-electron chi connectivity index (χ2n) is 5.73. The lowest BCUT2D eigenvalue weighted by molar-refractivity contribution is 0.494. The van der Waals surface area contributed by atoms with Crippen molar-refractivity contribution in [2.75, 3.05) is 18.5 Å². The Morgan fingerprint density at radius 1 is 1.25 bits per heavy atom. The summed E-state index contributed by atoms with van der Waals surface area (Å²) in [7, 11) is 2.01. The number of hydrogen-bond acceptors (Lipinski definition) is 5. The van der Waals surface area contributed by atoms with Gasteiger partial charge in [0.05, 0.1) is 0 Å². The molecule has 1 rings (SSSR count). The fourth-order valence-electron chi connectivity index (χ4n) is 1.05. The summed E-state index contributed by atoms with van der Waals surface area (Å²) in [5, 5.41) is 0.931. The molecule has 0 radical (unpaired) electrons. The zero-order chi connectivity index (χ0) is 12.6. The third-order valence-corrected chi connectivity index (χ3v) is 3.57. The first kappa shape index (κ1) is 13.4. The summed E-state index contributed by atoms with van der Waals surface area (Å²) < 4.78 is 4.40. The molecule has 16 heavy (non-hydrogen) atoms. The Bertz CT molecular complexity index is 351. The highest BCUT2D eigenvalue weighted by Crippen LogP contribution is 2.27. The number of rotatable bonds is 3. The Kier molecular flexibility index (Phi) is 3.59. The monoisotopic (exact) mass is 242 g/mol. The van der Waals surface area contributed by atoms with E-state index in [1.807, 2.05) is 7.05 Å². The lowest BCUT2D eigenvalue weighted by Crippen LogP contribution is -2.47. The molecule has 0 aliphatic rings. The van der Waals surface area contributed by atoms with E-state index in [1.54, 1.807) is 0 Å². The van der Waals surface area contributed by atoms with Gasteiger partial charge in [0.2, 0.25) is 5.13 Å². The van der Waals surface area contributed by atoms with Crippen LogP contribution in [0.3, 0.4) is 0 Å². The molecule has 0 fully saturated rings. The molecule has 4 nitrogen and oxygen atoms in total. The first-order valence-electron chi connectivity index (χ1n) is 5.46. The van der Waals surface area contributed by atoms with E-state index < -0.39 is 0 Å². The predicted octanol–water partition coefficient (Wildman–Crippen LogP) is 2.01.